The predicted octanol–water partition coefficient (Wildman–Crippen LogP) is 2.94. The Labute approximate surface area is 80.5 Å². The molecule has 1 heterocycles. The van der Waals surface area contributed by atoms with E-state index in [2.05, 4.69) is 4.98 Å². The van der Waals surface area contributed by atoms with Gasteiger partial charge in [0.2, 0.25) is 0 Å². The van der Waals surface area contributed by atoms with Crippen LogP contribution in [0.4, 0.5) is 0 Å². The summed E-state index contributed by atoms with van der Waals surface area (Å²) in [5.74, 6) is 0. The molecule has 0 bridgehead atoms. The fourth-order valence-corrected chi connectivity index (χ4v) is 1.74. The van der Waals surface area contributed by atoms with E-state index in [1.807, 2.05) is 19.1 Å². The fraction of sp³-hybridized carbons (Fsp3) is 0.100. The van der Waals surface area contributed by atoms with E-state index in [1.54, 1.807) is 6.07 Å². The number of benzene rings is 1. The molecule has 0 aliphatic heterocycles. The van der Waals surface area contributed by atoms with E-state index in [0.717, 1.165) is 22.8 Å². The molecule has 1 aromatic heterocycles. The van der Waals surface area contributed by atoms with Crippen molar-refractivity contribution in [2.75, 3.05) is 0 Å². The molecule has 0 fully saturated rings. The molecule has 2 aromatic rings. The quantitative estimate of drug-likeness (QED) is 0.694. The monoisotopic (exact) mass is 193 g/mol. The van der Waals surface area contributed by atoms with Crippen molar-refractivity contribution in [2.24, 2.45) is 0 Å². The minimum atomic E-state index is 0.558. The molecule has 0 unspecified atom stereocenters. The molecular formula is C10H8ClNO. The number of aromatic amines is 1. The van der Waals surface area contributed by atoms with Crippen LogP contribution in [0.3, 0.4) is 0 Å². The lowest BCUT2D eigenvalue weighted by Gasteiger charge is -1.95. The highest BCUT2D eigenvalue weighted by Gasteiger charge is 2.03. The van der Waals surface area contributed by atoms with Gasteiger partial charge in [-0.25, -0.2) is 0 Å². The Morgan fingerprint density at radius 1 is 1.38 bits per heavy atom. The number of fused-ring (bicyclic) bond motifs is 1. The van der Waals surface area contributed by atoms with Crippen LogP contribution in [0.1, 0.15) is 16.1 Å². The van der Waals surface area contributed by atoms with Crippen LogP contribution in [-0.2, 0) is 0 Å². The maximum absolute atomic E-state index is 10.5. The Bertz CT molecular complexity index is 473. The maximum Gasteiger partial charge on any atom is 0.166 e. The molecule has 2 rings (SSSR count). The molecule has 2 nitrogen and oxygen atoms in total. The minimum absolute atomic E-state index is 0.558. The summed E-state index contributed by atoms with van der Waals surface area (Å²) in [5.41, 5.74) is 2.55. The van der Waals surface area contributed by atoms with E-state index in [0.29, 0.717) is 10.7 Å². The third-order valence-electron chi connectivity index (χ3n) is 1.98. The number of rotatable bonds is 1. The summed E-state index contributed by atoms with van der Waals surface area (Å²) in [6, 6.07) is 5.60. The van der Waals surface area contributed by atoms with E-state index in [9.17, 15) is 4.79 Å². The van der Waals surface area contributed by atoms with Gasteiger partial charge in [0, 0.05) is 10.9 Å². The molecule has 66 valence electrons. The molecule has 13 heavy (non-hydrogen) atoms. The van der Waals surface area contributed by atoms with Crippen LogP contribution in [0.2, 0.25) is 5.02 Å². The SMILES string of the molecule is Cc1cc(Cl)c2cc(C=O)[nH]c2c1. The molecule has 1 N–H and O–H groups in total. The number of H-pyrrole nitrogens is 1. The standard InChI is InChI=1S/C10H8ClNO/c1-6-2-9(11)8-4-7(5-13)12-10(8)3-6/h2-5,12H,1H3. The Kier molecular flexibility index (Phi) is 1.85. The van der Waals surface area contributed by atoms with Crippen LogP contribution in [0.5, 0.6) is 0 Å². The lowest BCUT2D eigenvalue weighted by atomic mass is 10.2. The number of aldehydes is 1. The Hall–Kier alpha value is -1.28. The van der Waals surface area contributed by atoms with E-state index in [1.165, 1.54) is 0 Å². The average Bonchev–Trinajstić information content (AvgIpc) is 2.47. The summed E-state index contributed by atoms with van der Waals surface area (Å²) in [5, 5.41) is 1.58. The Morgan fingerprint density at radius 2 is 2.15 bits per heavy atom. The van der Waals surface area contributed by atoms with Gasteiger partial charge in [0.25, 0.3) is 0 Å². The third kappa shape index (κ3) is 1.33. The van der Waals surface area contributed by atoms with Crippen LogP contribution in [0.25, 0.3) is 10.9 Å². The first-order valence-electron chi connectivity index (χ1n) is 3.95. The summed E-state index contributed by atoms with van der Waals surface area (Å²) in [6.45, 7) is 1.97. The number of hydrogen-bond acceptors (Lipinski definition) is 1. The second-order valence-electron chi connectivity index (χ2n) is 3.05. The second-order valence-corrected chi connectivity index (χ2v) is 3.46. The van der Waals surface area contributed by atoms with Gasteiger partial charge >= 0.3 is 0 Å². The van der Waals surface area contributed by atoms with Crippen LogP contribution < -0.4 is 0 Å². The molecular weight excluding hydrogens is 186 g/mol. The van der Waals surface area contributed by atoms with Crippen molar-refractivity contribution in [3.05, 3.63) is 34.5 Å². The van der Waals surface area contributed by atoms with Gasteiger partial charge in [0.15, 0.2) is 6.29 Å². The van der Waals surface area contributed by atoms with Gasteiger partial charge in [0.1, 0.15) is 0 Å². The number of halogens is 1. The summed E-state index contributed by atoms with van der Waals surface area (Å²) >= 11 is 6.00. The van der Waals surface area contributed by atoms with Crippen molar-refractivity contribution < 1.29 is 4.79 Å². The Morgan fingerprint density at radius 3 is 2.85 bits per heavy atom. The highest BCUT2D eigenvalue weighted by atomic mass is 35.5. The minimum Gasteiger partial charge on any atom is -0.352 e. The van der Waals surface area contributed by atoms with Gasteiger partial charge in [-0.1, -0.05) is 11.6 Å². The first-order chi connectivity index (χ1) is 6.20. The van der Waals surface area contributed by atoms with Gasteiger partial charge in [0.05, 0.1) is 10.7 Å². The number of carbonyl (C=O) groups is 1. The van der Waals surface area contributed by atoms with Crippen molar-refractivity contribution in [3.63, 3.8) is 0 Å². The highest BCUT2D eigenvalue weighted by Crippen LogP contribution is 2.25. The zero-order chi connectivity index (χ0) is 9.42. The molecule has 0 saturated carbocycles. The predicted molar refractivity (Wildman–Crippen MR) is 53.4 cm³/mol. The maximum atomic E-state index is 10.5. The zero-order valence-electron chi connectivity index (χ0n) is 7.10. The first-order valence-corrected chi connectivity index (χ1v) is 4.32. The average molecular weight is 194 g/mol. The van der Waals surface area contributed by atoms with Crippen LogP contribution in [-0.4, -0.2) is 11.3 Å². The normalized spacial score (nSPS) is 10.6. The summed E-state index contributed by atoms with van der Waals surface area (Å²) < 4.78 is 0. The number of carbonyl (C=O) groups excluding carboxylic acids is 1. The zero-order valence-corrected chi connectivity index (χ0v) is 7.85. The molecule has 3 heteroatoms. The second kappa shape index (κ2) is 2.89. The number of hydrogen-bond donors (Lipinski definition) is 1. The summed E-state index contributed by atoms with van der Waals surface area (Å²) in [7, 11) is 0. The number of aryl methyl sites for hydroxylation is 1. The van der Waals surface area contributed by atoms with Crippen molar-refractivity contribution in [1.82, 2.24) is 4.98 Å². The van der Waals surface area contributed by atoms with E-state index < -0.39 is 0 Å². The van der Waals surface area contributed by atoms with Crippen molar-refractivity contribution in [1.29, 1.82) is 0 Å². The molecule has 0 aliphatic carbocycles. The molecule has 0 spiro atoms. The van der Waals surface area contributed by atoms with E-state index in [4.69, 9.17) is 11.6 Å². The molecule has 1 aromatic carbocycles. The Balaban J connectivity index is 2.82. The van der Waals surface area contributed by atoms with E-state index >= 15 is 0 Å². The van der Waals surface area contributed by atoms with Gasteiger partial charge in [-0.15, -0.1) is 0 Å². The lowest BCUT2D eigenvalue weighted by molar-refractivity contribution is 0.112. The van der Waals surface area contributed by atoms with Crippen molar-refractivity contribution in [2.45, 2.75) is 6.92 Å². The van der Waals surface area contributed by atoms with Crippen LogP contribution >= 0.6 is 11.6 Å². The van der Waals surface area contributed by atoms with Crippen molar-refractivity contribution >= 4 is 28.8 Å². The largest absolute Gasteiger partial charge is 0.352 e. The smallest absolute Gasteiger partial charge is 0.166 e. The lowest BCUT2D eigenvalue weighted by Crippen LogP contribution is -1.76. The molecule has 0 amide bonds. The third-order valence-corrected chi connectivity index (χ3v) is 2.29. The summed E-state index contributed by atoms with van der Waals surface area (Å²) in [6.07, 6.45) is 0.783. The van der Waals surface area contributed by atoms with Crippen LogP contribution in [0.15, 0.2) is 18.2 Å². The molecule has 0 aliphatic rings. The number of nitrogens with one attached hydrogen (secondary N) is 1. The van der Waals surface area contributed by atoms with Crippen LogP contribution in [0, 0.1) is 6.92 Å². The molecule has 0 saturated heterocycles. The summed E-state index contributed by atoms with van der Waals surface area (Å²) in [4.78, 5) is 13.5. The molecule has 0 atom stereocenters. The van der Waals surface area contributed by atoms with Gasteiger partial charge in [-0.2, -0.15) is 0 Å². The first kappa shape index (κ1) is 8.32. The molecule has 0 radical (unpaired) electrons. The topological polar surface area (TPSA) is 32.9 Å². The van der Waals surface area contributed by atoms with Gasteiger partial charge in [-0.05, 0) is 30.7 Å². The van der Waals surface area contributed by atoms with E-state index in [-0.39, 0.29) is 0 Å². The van der Waals surface area contributed by atoms with Gasteiger partial charge < -0.3 is 4.98 Å². The van der Waals surface area contributed by atoms with Crippen molar-refractivity contribution in [3.8, 4) is 0 Å². The number of aromatic nitrogens is 1. The highest BCUT2D eigenvalue weighted by molar-refractivity contribution is 6.35. The fourth-order valence-electron chi connectivity index (χ4n) is 1.41. The van der Waals surface area contributed by atoms with Gasteiger partial charge in [-0.3, -0.25) is 4.79 Å².